The lowest BCUT2D eigenvalue weighted by molar-refractivity contribution is -0.0612. The average molecular weight is 464 g/mol. The van der Waals surface area contributed by atoms with Gasteiger partial charge in [0.25, 0.3) is 0 Å². The average Bonchev–Trinajstić information content (AvgIpc) is 3.23. The summed E-state index contributed by atoms with van der Waals surface area (Å²) in [5, 5.41) is 20.8. The van der Waals surface area contributed by atoms with Crippen molar-refractivity contribution in [1.29, 1.82) is 0 Å². The molecule has 30 heavy (non-hydrogen) atoms. The maximum atomic E-state index is 10.9. The van der Waals surface area contributed by atoms with Gasteiger partial charge in [0, 0.05) is 13.1 Å². The van der Waals surface area contributed by atoms with Crippen molar-refractivity contribution >= 4 is 36.2 Å². The minimum absolute atomic E-state index is 0.0272. The Labute approximate surface area is 176 Å². The Morgan fingerprint density at radius 2 is 1.93 bits per heavy atom. The molecule has 166 valence electrons. The van der Waals surface area contributed by atoms with Crippen molar-refractivity contribution in [2.75, 3.05) is 30.9 Å². The molecule has 2 aliphatic heterocycles. The number of anilines is 1. The monoisotopic (exact) mass is 463 g/mol. The Morgan fingerprint density at radius 3 is 2.63 bits per heavy atom. The second-order valence-corrected chi connectivity index (χ2v) is 9.32. The summed E-state index contributed by atoms with van der Waals surface area (Å²) in [6.45, 7) is 1.35. The van der Waals surface area contributed by atoms with Crippen molar-refractivity contribution in [3.8, 4) is 0 Å². The number of ether oxygens (including phenoxy) is 2. The number of nitrogens with zero attached hydrogens (tertiary/aromatic N) is 5. The number of rotatable bonds is 6. The number of piperidine rings is 1. The molecule has 0 bridgehead atoms. The van der Waals surface area contributed by atoms with Gasteiger partial charge in [-0.25, -0.2) is 4.98 Å². The van der Waals surface area contributed by atoms with Gasteiger partial charge in [0.15, 0.2) is 23.2 Å². The maximum absolute atomic E-state index is 10.9. The third-order valence-electron chi connectivity index (χ3n) is 5.18. The van der Waals surface area contributed by atoms with Crippen LogP contribution >= 0.6 is 19.2 Å². The topological polar surface area (TPSA) is 163 Å². The van der Waals surface area contributed by atoms with E-state index >= 15 is 0 Å². The fraction of sp³-hybridized carbons (Fsp3) is 0.688. The molecule has 12 nitrogen and oxygen atoms in total. The van der Waals surface area contributed by atoms with Crippen molar-refractivity contribution in [2.45, 2.75) is 43.8 Å². The molecule has 4 N–H and O–H groups in total. The number of hydrogen-bond acceptors (Lipinski definition) is 9. The molecule has 0 spiro atoms. The fourth-order valence-corrected chi connectivity index (χ4v) is 4.28. The van der Waals surface area contributed by atoms with Crippen LogP contribution in [0.15, 0.2) is 6.33 Å². The van der Waals surface area contributed by atoms with Gasteiger partial charge in [-0.15, -0.1) is 0 Å². The molecule has 2 aromatic rings. The van der Waals surface area contributed by atoms with Crippen molar-refractivity contribution < 1.29 is 34.0 Å². The summed E-state index contributed by atoms with van der Waals surface area (Å²) in [5.41, 5.74) is 0.858. The van der Waals surface area contributed by atoms with Crippen molar-refractivity contribution in [3.63, 3.8) is 0 Å². The van der Waals surface area contributed by atoms with Crippen LogP contribution in [0.25, 0.3) is 11.2 Å². The van der Waals surface area contributed by atoms with Gasteiger partial charge >= 0.3 is 7.60 Å². The van der Waals surface area contributed by atoms with Crippen LogP contribution in [0, 0.1) is 0 Å². The van der Waals surface area contributed by atoms with Gasteiger partial charge in [-0.1, -0.05) is 0 Å². The molecule has 4 heterocycles. The first-order chi connectivity index (χ1) is 14.2. The predicted octanol–water partition coefficient (Wildman–Crippen LogP) is 0.241. The molecular formula is C16H23ClN5O7P. The lowest BCUT2D eigenvalue weighted by Gasteiger charge is -2.27. The number of aromatic nitrogens is 4. The zero-order valence-electron chi connectivity index (χ0n) is 15.9. The summed E-state index contributed by atoms with van der Waals surface area (Å²) in [7, 11) is -4.35. The first kappa shape index (κ1) is 21.8. The van der Waals surface area contributed by atoms with E-state index in [1.807, 2.05) is 0 Å². The second-order valence-electron chi connectivity index (χ2n) is 7.40. The molecule has 0 radical (unpaired) electrons. The van der Waals surface area contributed by atoms with Gasteiger partial charge in [-0.05, 0) is 30.9 Å². The Morgan fingerprint density at radius 1 is 1.20 bits per heavy atom. The summed E-state index contributed by atoms with van der Waals surface area (Å²) >= 11 is 6.15. The van der Waals surface area contributed by atoms with Crippen LogP contribution in [0.2, 0.25) is 5.28 Å². The van der Waals surface area contributed by atoms with Crippen LogP contribution in [0.3, 0.4) is 0 Å². The fourth-order valence-electron chi connectivity index (χ4n) is 3.77. The van der Waals surface area contributed by atoms with Crippen molar-refractivity contribution in [1.82, 2.24) is 19.5 Å². The van der Waals surface area contributed by atoms with Gasteiger partial charge in [-0.2, -0.15) is 9.97 Å². The zero-order valence-corrected chi connectivity index (χ0v) is 17.6. The second kappa shape index (κ2) is 8.64. The summed E-state index contributed by atoms with van der Waals surface area (Å²) in [4.78, 5) is 32.8. The third-order valence-corrected chi connectivity index (χ3v) is 5.87. The number of hydrogen-bond donors (Lipinski definition) is 4. The normalized spacial score (nSPS) is 27.8. The molecule has 2 aliphatic rings. The highest BCUT2D eigenvalue weighted by molar-refractivity contribution is 7.51. The highest BCUT2D eigenvalue weighted by atomic mass is 35.5. The lowest BCUT2D eigenvalue weighted by Crippen LogP contribution is -2.34. The lowest BCUT2D eigenvalue weighted by atomic mass is 10.1. The molecule has 2 aromatic heterocycles. The number of fused-ring (bicyclic) bond motifs is 1. The Balaban J connectivity index is 1.58. The van der Waals surface area contributed by atoms with Gasteiger partial charge in [-0.3, -0.25) is 9.13 Å². The summed E-state index contributed by atoms with van der Waals surface area (Å²) in [5.74, 6) is 0.609. The number of aliphatic hydroxyl groups is 2. The maximum Gasteiger partial charge on any atom is 0.350 e. The van der Waals surface area contributed by atoms with Crippen LogP contribution in [-0.4, -0.2) is 83.9 Å². The van der Waals surface area contributed by atoms with E-state index < -0.39 is 38.5 Å². The molecule has 2 fully saturated rings. The van der Waals surface area contributed by atoms with Crippen LogP contribution < -0.4 is 4.90 Å². The minimum Gasteiger partial charge on any atom is -0.387 e. The summed E-state index contributed by atoms with van der Waals surface area (Å²) in [6.07, 6.45) is -0.840. The molecule has 0 aliphatic carbocycles. The number of aliphatic hydroxyl groups excluding tert-OH is 2. The molecule has 2 saturated heterocycles. The van der Waals surface area contributed by atoms with Crippen LogP contribution in [0.1, 0.15) is 25.5 Å². The number of imidazole rings is 1. The van der Waals surface area contributed by atoms with Gasteiger partial charge < -0.3 is 34.4 Å². The third kappa shape index (κ3) is 4.46. The largest absolute Gasteiger partial charge is 0.387 e. The van der Waals surface area contributed by atoms with E-state index in [2.05, 4.69) is 19.9 Å². The first-order valence-corrected chi connectivity index (χ1v) is 11.7. The molecule has 1 unspecified atom stereocenters. The standard InChI is InChI=1S/C16H23ClN5O7P/c17-16-19-13(21-4-2-1-3-5-21)10-14(20-16)22(7-18-10)15-12(24)11(23)9(29-15)6-28-8-30(25,26)27/h7,9,11-12,15,23-24H,1-6,8H2,(H2,25,26,27)/t9-,11-,12-,15?/m1/s1. The van der Waals surface area contributed by atoms with Crippen molar-refractivity contribution in [2.24, 2.45) is 0 Å². The van der Waals surface area contributed by atoms with E-state index in [9.17, 15) is 14.8 Å². The van der Waals surface area contributed by atoms with Crippen LogP contribution in [0.5, 0.6) is 0 Å². The highest BCUT2D eigenvalue weighted by Gasteiger charge is 2.44. The SMILES string of the molecule is O=P(O)(O)COC[C@H]1OC(n2cnc3c(N4CCCCC4)nc(Cl)nc32)[C@H](O)[C@@H]1O. The summed E-state index contributed by atoms with van der Waals surface area (Å²) in [6, 6.07) is 0. The predicted molar refractivity (Wildman–Crippen MR) is 105 cm³/mol. The molecule has 4 rings (SSSR count). The van der Waals surface area contributed by atoms with E-state index in [1.165, 1.54) is 10.9 Å². The first-order valence-electron chi connectivity index (χ1n) is 9.53. The van der Waals surface area contributed by atoms with Crippen molar-refractivity contribution in [3.05, 3.63) is 11.6 Å². The molecule has 4 atom stereocenters. The molecule has 0 saturated carbocycles. The van der Waals surface area contributed by atoms with E-state index in [1.54, 1.807) is 0 Å². The summed E-state index contributed by atoms with van der Waals surface area (Å²) < 4.78 is 23.0. The molecule has 0 amide bonds. The van der Waals surface area contributed by atoms with E-state index in [-0.39, 0.29) is 11.9 Å². The smallest absolute Gasteiger partial charge is 0.350 e. The molecule has 14 heteroatoms. The Bertz CT molecular complexity index is 949. The quantitative estimate of drug-likeness (QED) is 0.342. The van der Waals surface area contributed by atoms with Gasteiger partial charge in [0.05, 0.1) is 12.9 Å². The van der Waals surface area contributed by atoms with E-state index in [4.69, 9.17) is 30.9 Å². The van der Waals surface area contributed by atoms with E-state index in [0.29, 0.717) is 17.0 Å². The Kier molecular flexibility index (Phi) is 6.29. The molecular weight excluding hydrogens is 441 g/mol. The minimum atomic E-state index is -4.35. The van der Waals surface area contributed by atoms with E-state index in [0.717, 1.165) is 32.4 Å². The van der Waals surface area contributed by atoms with Crippen LogP contribution in [0.4, 0.5) is 5.82 Å². The van der Waals surface area contributed by atoms with Gasteiger partial charge in [0.2, 0.25) is 5.28 Å². The number of halogens is 1. The Hall–Kier alpha value is -1.37. The van der Waals surface area contributed by atoms with Crippen LogP contribution in [-0.2, 0) is 14.0 Å². The van der Waals surface area contributed by atoms with Gasteiger partial charge in [0.1, 0.15) is 24.7 Å². The zero-order chi connectivity index (χ0) is 21.5. The molecule has 0 aromatic carbocycles. The highest BCUT2D eigenvalue weighted by Crippen LogP contribution is 2.36.